The summed E-state index contributed by atoms with van der Waals surface area (Å²) in [5.74, 6) is 0. The lowest BCUT2D eigenvalue weighted by Crippen LogP contribution is -2.32. The molecule has 0 spiro atoms. The van der Waals surface area contributed by atoms with Crippen molar-refractivity contribution < 1.29 is 9.84 Å². The molecular formula is C14H22ClNO2S. The van der Waals surface area contributed by atoms with Gasteiger partial charge in [0.25, 0.3) is 0 Å². The lowest BCUT2D eigenvalue weighted by molar-refractivity contribution is -0.00530. The SMILES string of the molecule is OC(CNCCc1ccc(Cl)s1)COC1CCCC1. The van der Waals surface area contributed by atoms with E-state index in [1.165, 1.54) is 17.7 Å². The fraction of sp³-hybridized carbons (Fsp3) is 0.714. The van der Waals surface area contributed by atoms with Crippen LogP contribution in [0.4, 0.5) is 0 Å². The Hall–Kier alpha value is -0.130. The topological polar surface area (TPSA) is 41.5 Å². The van der Waals surface area contributed by atoms with Crippen molar-refractivity contribution in [2.75, 3.05) is 19.7 Å². The third-order valence-electron chi connectivity index (χ3n) is 3.38. The third-order valence-corrected chi connectivity index (χ3v) is 4.67. The average Bonchev–Trinajstić information content (AvgIpc) is 3.04. The molecule has 5 heteroatoms. The van der Waals surface area contributed by atoms with Gasteiger partial charge < -0.3 is 15.2 Å². The number of hydrogen-bond acceptors (Lipinski definition) is 4. The number of aliphatic hydroxyl groups excluding tert-OH is 1. The number of ether oxygens (including phenoxy) is 1. The Kier molecular flexibility index (Phi) is 6.61. The van der Waals surface area contributed by atoms with E-state index in [-0.39, 0.29) is 0 Å². The fourth-order valence-corrected chi connectivity index (χ4v) is 3.41. The van der Waals surface area contributed by atoms with Gasteiger partial charge in [0.05, 0.1) is 23.2 Å². The van der Waals surface area contributed by atoms with Crippen LogP contribution in [0.15, 0.2) is 12.1 Å². The van der Waals surface area contributed by atoms with Crippen molar-refractivity contribution in [2.24, 2.45) is 0 Å². The van der Waals surface area contributed by atoms with Gasteiger partial charge in [0.15, 0.2) is 0 Å². The minimum atomic E-state index is -0.410. The van der Waals surface area contributed by atoms with E-state index in [2.05, 4.69) is 5.32 Å². The molecule has 1 aliphatic rings. The summed E-state index contributed by atoms with van der Waals surface area (Å²) in [6.45, 7) is 1.89. The Labute approximate surface area is 123 Å². The second kappa shape index (κ2) is 8.22. The van der Waals surface area contributed by atoms with Gasteiger partial charge in [-0.1, -0.05) is 24.4 Å². The number of nitrogens with one attached hydrogen (secondary N) is 1. The number of rotatable bonds is 8. The van der Waals surface area contributed by atoms with Crippen LogP contribution < -0.4 is 5.32 Å². The van der Waals surface area contributed by atoms with Crippen molar-refractivity contribution in [2.45, 2.75) is 44.3 Å². The Morgan fingerprint density at radius 2 is 2.21 bits per heavy atom. The summed E-state index contributed by atoms with van der Waals surface area (Å²) < 4.78 is 6.51. The second-order valence-corrected chi connectivity index (χ2v) is 6.85. The second-order valence-electron chi connectivity index (χ2n) is 5.05. The smallest absolute Gasteiger partial charge is 0.0931 e. The first-order valence-electron chi connectivity index (χ1n) is 6.98. The van der Waals surface area contributed by atoms with Crippen molar-refractivity contribution in [1.82, 2.24) is 5.32 Å². The van der Waals surface area contributed by atoms with E-state index in [4.69, 9.17) is 16.3 Å². The molecule has 2 rings (SSSR count). The van der Waals surface area contributed by atoms with Crippen molar-refractivity contribution >= 4 is 22.9 Å². The lowest BCUT2D eigenvalue weighted by atomic mass is 10.3. The minimum absolute atomic E-state index is 0.378. The Bertz CT molecular complexity index is 366. The van der Waals surface area contributed by atoms with Crippen LogP contribution >= 0.6 is 22.9 Å². The average molecular weight is 304 g/mol. The van der Waals surface area contributed by atoms with Gasteiger partial charge in [0.2, 0.25) is 0 Å². The molecule has 1 saturated carbocycles. The largest absolute Gasteiger partial charge is 0.389 e. The highest BCUT2D eigenvalue weighted by Crippen LogP contribution is 2.21. The number of thiophene rings is 1. The van der Waals surface area contributed by atoms with Crippen molar-refractivity contribution in [3.05, 3.63) is 21.3 Å². The van der Waals surface area contributed by atoms with Gasteiger partial charge in [-0.3, -0.25) is 0 Å². The zero-order valence-electron chi connectivity index (χ0n) is 11.1. The number of halogens is 1. The molecule has 1 aromatic heterocycles. The molecule has 0 amide bonds. The zero-order valence-corrected chi connectivity index (χ0v) is 12.7. The normalized spacial score (nSPS) is 18.0. The first-order valence-corrected chi connectivity index (χ1v) is 8.18. The molecule has 1 aliphatic carbocycles. The van der Waals surface area contributed by atoms with E-state index in [1.807, 2.05) is 12.1 Å². The summed E-state index contributed by atoms with van der Waals surface area (Å²) in [6.07, 6.45) is 5.76. The molecule has 19 heavy (non-hydrogen) atoms. The predicted molar refractivity (Wildman–Crippen MR) is 80.1 cm³/mol. The van der Waals surface area contributed by atoms with Gasteiger partial charge in [-0.15, -0.1) is 11.3 Å². The van der Waals surface area contributed by atoms with Gasteiger partial charge in [-0.2, -0.15) is 0 Å². The van der Waals surface area contributed by atoms with E-state index in [0.29, 0.717) is 19.3 Å². The van der Waals surface area contributed by atoms with E-state index < -0.39 is 6.10 Å². The first kappa shape index (κ1) is 15.3. The van der Waals surface area contributed by atoms with Gasteiger partial charge in [0.1, 0.15) is 0 Å². The van der Waals surface area contributed by atoms with Crippen molar-refractivity contribution in [1.29, 1.82) is 0 Å². The maximum absolute atomic E-state index is 9.80. The highest BCUT2D eigenvalue weighted by atomic mass is 35.5. The molecule has 1 fully saturated rings. The van der Waals surface area contributed by atoms with Crippen molar-refractivity contribution in [3.63, 3.8) is 0 Å². The van der Waals surface area contributed by atoms with Crippen LogP contribution in [0.3, 0.4) is 0 Å². The fourth-order valence-electron chi connectivity index (χ4n) is 2.33. The predicted octanol–water partition coefficient (Wildman–Crippen LogP) is 2.85. The van der Waals surface area contributed by atoms with Crippen LogP contribution in [0, 0.1) is 0 Å². The molecule has 0 bridgehead atoms. The Morgan fingerprint density at radius 1 is 1.42 bits per heavy atom. The molecule has 1 aromatic rings. The summed E-state index contributed by atoms with van der Waals surface area (Å²) >= 11 is 7.48. The van der Waals surface area contributed by atoms with Crippen LogP contribution in [-0.2, 0) is 11.2 Å². The maximum Gasteiger partial charge on any atom is 0.0931 e. The van der Waals surface area contributed by atoms with E-state index in [9.17, 15) is 5.11 Å². The summed E-state index contributed by atoms with van der Waals surface area (Å²) in [7, 11) is 0. The Morgan fingerprint density at radius 3 is 2.89 bits per heavy atom. The molecule has 0 radical (unpaired) electrons. The molecule has 3 nitrogen and oxygen atoms in total. The highest BCUT2D eigenvalue weighted by Gasteiger charge is 2.16. The van der Waals surface area contributed by atoms with E-state index in [1.54, 1.807) is 11.3 Å². The molecule has 2 N–H and O–H groups in total. The standard InChI is InChI=1S/C14H22ClNO2S/c15-14-6-5-13(19-14)7-8-16-9-11(17)10-18-12-3-1-2-4-12/h5-6,11-12,16-17H,1-4,7-10H2. The first-order chi connectivity index (χ1) is 9.24. The quantitative estimate of drug-likeness (QED) is 0.726. The third kappa shape index (κ3) is 5.79. The molecular weight excluding hydrogens is 282 g/mol. The summed E-state index contributed by atoms with van der Waals surface area (Å²) in [6, 6.07) is 3.97. The molecule has 0 aromatic carbocycles. The van der Waals surface area contributed by atoms with Gasteiger partial charge in [-0.25, -0.2) is 0 Å². The summed E-state index contributed by atoms with van der Waals surface area (Å²) in [5.41, 5.74) is 0. The van der Waals surface area contributed by atoms with Crippen LogP contribution in [0.1, 0.15) is 30.6 Å². The molecule has 1 heterocycles. The van der Waals surface area contributed by atoms with E-state index >= 15 is 0 Å². The van der Waals surface area contributed by atoms with Crippen molar-refractivity contribution in [3.8, 4) is 0 Å². The lowest BCUT2D eigenvalue weighted by Gasteiger charge is -2.15. The molecule has 108 valence electrons. The number of aliphatic hydroxyl groups is 1. The van der Waals surface area contributed by atoms with E-state index in [0.717, 1.165) is 30.1 Å². The summed E-state index contributed by atoms with van der Waals surface area (Å²) in [4.78, 5) is 1.27. The Balaban J connectivity index is 1.50. The monoisotopic (exact) mass is 303 g/mol. The van der Waals surface area contributed by atoms with Crippen LogP contribution in [0.2, 0.25) is 4.34 Å². The zero-order chi connectivity index (χ0) is 13.5. The maximum atomic E-state index is 9.80. The molecule has 1 atom stereocenters. The highest BCUT2D eigenvalue weighted by molar-refractivity contribution is 7.16. The molecule has 0 aliphatic heterocycles. The summed E-state index contributed by atoms with van der Waals surface area (Å²) in [5, 5.41) is 13.1. The number of hydrogen-bond donors (Lipinski definition) is 2. The van der Waals surface area contributed by atoms with Gasteiger partial charge in [-0.05, 0) is 31.4 Å². The molecule has 0 saturated heterocycles. The van der Waals surface area contributed by atoms with Crippen LogP contribution in [-0.4, -0.2) is 37.0 Å². The van der Waals surface area contributed by atoms with Gasteiger partial charge >= 0.3 is 0 Å². The minimum Gasteiger partial charge on any atom is -0.389 e. The molecule has 1 unspecified atom stereocenters. The van der Waals surface area contributed by atoms with Crippen LogP contribution in [0.5, 0.6) is 0 Å². The van der Waals surface area contributed by atoms with Crippen LogP contribution in [0.25, 0.3) is 0 Å². The van der Waals surface area contributed by atoms with Gasteiger partial charge in [0, 0.05) is 18.0 Å².